The maximum absolute atomic E-state index is 11.2. The largest absolute Gasteiger partial charge is 0.369 e. The van der Waals surface area contributed by atoms with Crippen LogP contribution in [-0.2, 0) is 11.3 Å². The second kappa shape index (κ2) is 6.30. The third-order valence-corrected chi connectivity index (χ3v) is 3.61. The fourth-order valence-electron chi connectivity index (χ4n) is 2.62. The highest BCUT2D eigenvalue weighted by atomic mass is 35.5. The summed E-state index contributed by atoms with van der Waals surface area (Å²) in [4.78, 5) is 21.9. The fourth-order valence-corrected chi connectivity index (χ4v) is 2.88. The van der Waals surface area contributed by atoms with Crippen molar-refractivity contribution in [1.82, 2.24) is 14.9 Å². The maximum atomic E-state index is 11.2. The number of aromatic nitrogens is 2. The van der Waals surface area contributed by atoms with Gasteiger partial charge in [-0.3, -0.25) is 9.69 Å². The normalized spacial score (nSPS) is 16.2. The summed E-state index contributed by atoms with van der Waals surface area (Å²) in [6, 6.07) is 2.12. The molecule has 1 aliphatic rings. The van der Waals surface area contributed by atoms with Gasteiger partial charge in [0.1, 0.15) is 11.0 Å². The molecule has 1 aromatic rings. The molecule has 19 heavy (non-hydrogen) atoms. The van der Waals surface area contributed by atoms with E-state index in [2.05, 4.69) is 14.9 Å². The van der Waals surface area contributed by atoms with Crippen LogP contribution in [0.2, 0.25) is 5.15 Å². The van der Waals surface area contributed by atoms with E-state index >= 15 is 0 Å². The zero-order valence-electron chi connectivity index (χ0n) is 11.1. The lowest BCUT2D eigenvalue weighted by Crippen LogP contribution is -2.40. The van der Waals surface area contributed by atoms with Crippen molar-refractivity contribution in [3.05, 3.63) is 22.7 Å². The number of hydrogen-bond acceptors (Lipinski definition) is 4. The summed E-state index contributed by atoms with van der Waals surface area (Å²) in [7, 11) is 0. The fraction of sp³-hybridized carbons (Fsp3) is 0.615. The molecule has 0 saturated heterocycles. The number of carbonyl (C=O) groups excluding carboxylic acids is 1. The van der Waals surface area contributed by atoms with Gasteiger partial charge in [-0.25, -0.2) is 9.97 Å². The Morgan fingerprint density at radius 2 is 2.16 bits per heavy atom. The molecule has 0 unspecified atom stereocenters. The summed E-state index contributed by atoms with van der Waals surface area (Å²) >= 11 is 5.94. The molecule has 0 spiro atoms. The highest BCUT2D eigenvalue weighted by molar-refractivity contribution is 6.29. The van der Waals surface area contributed by atoms with Crippen molar-refractivity contribution in [3.8, 4) is 0 Å². The molecular formula is C13H19ClN4O. The van der Waals surface area contributed by atoms with Crippen LogP contribution in [0, 0.1) is 6.92 Å². The van der Waals surface area contributed by atoms with Crippen LogP contribution in [0.1, 0.15) is 37.2 Å². The lowest BCUT2D eigenvalue weighted by atomic mass is 10.2. The van der Waals surface area contributed by atoms with E-state index in [0.29, 0.717) is 23.6 Å². The van der Waals surface area contributed by atoms with Crippen LogP contribution < -0.4 is 5.73 Å². The Bertz CT molecular complexity index is 440. The predicted octanol–water partition coefficient (Wildman–Crippen LogP) is 1.67. The van der Waals surface area contributed by atoms with Gasteiger partial charge >= 0.3 is 0 Å². The van der Waals surface area contributed by atoms with Crippen molar-refractivity contribution in [2.24, 2.45) is 5.73 Å². The molecule has 1 aromatic heterocycles. The molecule has 0 atom stereocenters. The topological polar surface area (TPSA) is 72.1 Å². The molecule has 104 valence electrons. The zero-order valence-corrected chi connectivity index (χ0v) is 11.9. The third kappa shape index (κ3) is 4.14. The van der Waals surface area contributed by atoms with Crippen molar-refractivity contribution in [2.45, 2.75) is 45.2 Å². The number of rotatable bonds is 5. The molecule has 0 aliphatic heterocycles. The van der Waals surface area contributed by atoms with E-state index in [1.54, 1.807) is 6.07 Å². The van der Waals surface area contributed by atoms with Gasteiger partial charge in [-0.2, -0.15) is 0 Å². The first-order valence-electron chi connectivity index (χ1n) is 6.57. The van der Waals surface area contributed by atoms with E-state index in [4.69, 9.17) is 17.3 Å². The van der Waals surface area contributed by atoms with Crippen LogP contribution in [0.3, 0.4) is 0 Å². The lowest BCUT2D eigenvalue weighted by Gasteiger charge is -2.26. The summed E-state index contributed by atoms with van der Waals surface area (Å²) in [5, 5.41) is 0.438. The minimum atomic E-state index is -0.314. The van der Waals surface area contributed by atoms with E-state index in [-0.39, 0.29) is 12.5 Å². The number of nitrogens with two attached hydrogens (primary N) is 1. The van der Waals surface area contributed by atoms with Crippen molar-refractivity contribution in [3.63, 3.8) is 0 Å². The molecule has 1 saturated carbocycles. The molecule has 0 radical (unpaired) electrons. The van der Waals surface area contributed by atoms with Crippen molar-refractivity contribution in [2.75, 3.05) is 6.54 Å². The van der Waals surface area contributed by atoms with E-state index in [9.17, 15) is 4.79 Å². The number of aryl methyl sites for hydroxylation is 1. The Hall–Kier alpha value is -1.20. The molecule has 6 heteroatoms. The predicted molar refractivity (Wildman–Crippen MR) is 73.6 cm³/mol. The van der Waals surface area contributed by atoms with Crippen molar-refractivity contribution >= 4 is 17.5 Å². The van der Waals surface area contributed by atoms with E-state index in [0.717, 1.165) is 18.5 Å². The first-order chi connectivity index (χ1) is 9.04. The summed E-state index contributed by atoms with van der Waals surface area (Å²) < 4.78 is 0. The third-order valence-electron chi connectivity index (χ3n) is 3.41. The van der Waals surface area contributed by atoms with Crippen LogP contribution >= 0.6 is 11.6 Å². The summed E-state index contributed by atoms with van der Waals surface area (Å²) in [5.41, 5.74) is 6.16. The molecule has 1 aliphatic carbocycles. The highest BCUT2D eigenvalue weighted by Gasteiger charge is 2.24. The molecular weight excluding hydrogens is 264 g/mol. The van der Waals surface area contributed by atoms with Gasteiger partial charge in [-0.05, 0) is 25.8 Å². The minimum absolute atomic E-state index is 0.250. The van der Waals surface area contributed by atoms with Gasteiger partial charge in [0.2, 0.25) is 5.91 Å². The molecule has 2 N–H and O–H groups in total. The second-order valence-corrected chi connectivity index (χ2v) is 5.45. The Morgan fingerprint density at radius 1 is 1.47 bits per heavy atom. The molecule has 0 bridgehead atoms. The van der Waals surface area contributed by atoms with Crippen molar-refractivity contribution < 1.29 is 4.79 Å². The van der Waals surface area contributed by atoms with Gasteiger partial charge in [0.25, 0.3) is 0 Å². The first kappa shape index (κ1) is 14.2. The Balaban J connectivity index is 2.11. The number of hydrogen-bond donors (Lipinski definition) is 1. The number of amides is 1. The molecule has 2 rings (SSSR count). The Morgan fingerprint density at radius 3 is 2.74 bits per heavy atom. The molecule has 5 nitrogen and oxygen atoms in total. The molecule has 1 fully saturated rings. The van der Waals surface area contributed by atoms with Gasteiger partial charge in [0.05, 0.1) is 13.1 Å². The second-order valence-electron chi connectivity index (χ2n) is 5.06. The average molecular weight is 283 g/mol. The highest BCUT2D eigenvalue weighted by Crippen LogP contribution is 2.24. The van der Waals surface area contributed by atoms with Crippen LogP contribution in [0.4, 0.5) is 0 Å². The van der Waals surface area contributed by atoms with Gasteiger partial charge in [-0.1, -0.05) is 24.4 Å². The van der Waals surface area contributed by atoms with E-state index < -0.39 is 0 Å². The monoisotopic (exact) mass is 282 g/mol. The van der Waals surface area contributed by atoms with Gasteiger partial charge < -0.3 is 5.73 Å². The van der Waals surface area contributed by atoms with Crippen molar-refractivity contribution in [1.29, 1.82) is 0 Å². The molecule has 1 heterocycles. The van der Waals surface area contributed by atoms with Crippen LogP contribution in [0.5, 0.6) is 0 Å². The zero-order chi connectivity index (χ0) is 13.8. The summed E-state index contributed by atoms with van der Waals surface area (Å²) in [6.07, 6.45) is 4.62. The lowest BCUT2D eigenvalue weighted by molar-refractivity contribution is -0.119. The smallest absolute Gasteiger partial charge is 0.231 e. The van der Waals surface area contributed by atoms with Gasteiger partial charge in [0.15, 0.2) is 0 Å². The van der Waals surface area contributed by atoms with E-state index in [1.165, 1.54) is 12.8 Å². The van der Waals surface area contributed by atoms with E-state index in [1.807, 2.05) is 6.92 Å². The number of primary amides is 1. The van der Waals surface area contributed by atoms with Gasteiger partial charge in [0, 0.05) is 11.7 Å². The molecule has 0 aromatic carbocycles. The molecule has 1 amide bonds. The average Bonchev–Trinajstić information content (AvgIpc) is 2.79. The van der Waals surface area contributed by atoms with Crippen LogP contribution in [-0.4, -0.2) is 33.4 Å². The standard InChI is InChI=1S/C13H19ClN4O/c1-9-6-11(14)17-13(16-9)8-18(7-12(15)19)10-4-2-3-5-10/h6,10H,2-5,7-8H2,1H3,(H2,15,19). The summed E-state index contributed by atoms with van der Waals surface area (Å²) in [6.45, 7) is 2.65. The van der Waals surface area contributed by atoms with Crippen LogP contribution in [0.15, 0.2) is 6.07 Å². The van der Waals surface area contributed by atoms with Crippen LogP contribution in [0.25, 0.3) is 0 Å². The van der Waals surface area contributed by atoms with Gasteiger partial charge in [-0.15, -0.1) is 0 Å². The minimum Gasteiger partial charge on any atom is -0.369 e. The summed E-state index contributed by atoms with van der Waals surface area (Å²) in [5.74, 6) is 0.337. The number of carbonyl (C=O) groups is 1. The number of halogens is 1. The number of nitrogens with zero attached hydrogens (tertiary/aromatic N) is 3. The Labute approximate surface area is 118 Å². The first-order valence-corrected chi connectivity index (χ1v) is 6.95. The quantitative estimate of drug-likeness (QED) is 0.834. The Kier molecular flexibility index (Phi) is 4.71. The SMILES string of the molecule is Cc1cc(Cl)nc(CN(CC(N)=O)C2CCCC2)n1. The maximum Gasteiger partial charge on any atom is 0.231 e.